The lowest BCUT2D eigenvalue weighted by Gasteiger charge is -2.23. The summed E-state index contributed by atoms with van der Waals surface area (Å²) in [6, 6.07) is 118. The van der Waals surface area contributed by atoms with Gasteiger partial charge < -0.3 is 0 Å². The summed E-state index contributed by atoms with van der Waals surface area (Å²) in [6.07, 6.45) is 16.7. The van der Waals surface area contributed by atoms with E-state index in [4.69, 9.17) is 0 Å². The number of benzene rings is 17. The molecule has 17 aromatic carbocycles. The van der Waals surface area contributed by atoms with E-state index in [0.29, 0.717) is 0 Å². The molecule has 0 heterocycles. The highest BCUT2D eigenvalue weighted by molar-refractivity contribution is 6.23. The summed E-state index contributed by atoms with van der Waals surface area (Å²) < 4.78 is 0. The fraction of sp³-hybridized carbons (Fsp3) is 0.0816. The third-order valence-corrected chi connectivity index (χ3v) is 21.2. The van der Waals surface area contributed by atoms with E-state index in [-0.39, 0.29) is 0 Å². The standard InChI is InChI=1S/2C34H24.C30H24/c1-3-11-25-21-27(19-17-23(25)9-1)33-29-13-5-7-15-31(29)34(32-16-8-6-14-30(32)33)28-20-18-24-10-2-4-12-26(24)22-28;1-2-12-25-22-26(21-20-23(25)10-1)33-29-15-5-7-17-31(29)34(32-18-8-6-16-30(32)33)28-19-9-13-24-11-3-4-14-27(24)28;1-2-11-22(12-3-1)29-25-14-6-8-16-27(25)30(28-17-9-7-15-26(28)29)24-19-18-21-10-4-5-13-23(21)20-24/h1-17,19,21-22H,18,20H2;1-8,10-12,14-22H,9,13H2;4-11,13-20H,1-3,12H2. The summed E-state index contributed by atoms with van der Waals surface area (Å²) in [7, 11) is 0. The second-order valence-electron chi connectivity index (χ2n) is 26.9. The minimum absolute atomic E-state index is 1.07. The Morgan fingerprint density at radius 3 is 0.969 bits per heavy atom. The van der Waals surface area contributed by atoms with Gasteiger partial charge in [0, 0.05) is 0 Å². The van der Waals surface area contributed by atoms with Crippen molar-refractivity contribution in [3.63, 3.8) is 0 Å². The Labute approximate surface area is 573 Å². The molecule has 0 radical (unpaired) electrons. The maximum atomic E-state index is 2.48. The van der Waals surface area contributed by atoms with Crippen molar-refractivity contribution in [2.24, 2.45) is 0 Å². The minimum Gasteiger partial charge on any atom is -0.0807 e. The molecule has 0 unspecified atom stereocenters. The lowest BCUT2D eigenvalue weighted by atomic mass is 9.80. The number of rotatable bonds is 6. The van der Waals surface area contributed by atoms with Crippen LogP contribution >= 0.6 is 0 Å². The van der Waals surface area contributed by atoms with Gasteiger partial charge in [-0.2, -0.15) is 0 Å². The first-order chi connectivity index (χ1) is 48.6. The molecule has 17 aromatic rings. The Morgan fingerprint density at radius 2 is 0.551 bits per heavy atom. The predicted octanol–water partition coefficient (Wildman–Crippen LogP) is 27.3. The van der Waals surface area contributed by atoms with E-state index >= 15 is 0 Å². The molecule has 3 aliphatic rings. The monoisotopic (exact) mass is 1250 g/mol. The number of hydrogen-bond donors (Lipinski definition) is 0. The summed E-state index contributed by atoms with van der Waals surface area (Å²) in [5, 5.41) is 23.8. The van der Waals surface area contributed by atoms with Crippen LogP contribution in [0.5, 0.6) is 0 Å². The summed E-state index contributed by atoms with van der Waals surface area (Å²) in [5.41, 5.74) is 22.0. The van der Waals surface area contributed by atoms with Gasteiger partial charge in [-0.15, -0.1) is 0 Å². The number of aryl methyl sites for hydroxylation is 2. The van der Waals surface area contributed by atoms with Gasteiger partial charge in [0.25, 0.3) is 0 Å². The van der Waals surface area contributed by atoms with Crippen LogP contribution in [0.3, 0.4) is 0 Å². The highest BCUT2D eigenvalue weighted by Crippen LogP contribution is 2.49. The van der Waals surface area contributed by atoms with Crippen molar-refractivity contribution in [1.29, 1.82) is 0 Å². The van der Waals surface area contributed by atoms with Crippen LogP contribution in [-0.4, -0.2) is 0 Å². The van der Waals surface area contributed by atoms with Gasteiger partial charge in [0.2, 0.25) is 0 Å². The Morgan fingerprint density at radius 1 is 0.204 bits per heavy atom. The van der Waals surface area contributed by atoms with Gasteiger partial charge in [0.05, 0.1) is 0 Å². The lowest BCUT2D eigenvalue weighted by Crippen LogP contribution is -2.02. The van der Waals surface area contributed by atoms with Crippen LogP contribution < -0.4 is 0 Å². The molecule has 0 nitrogen and oxygen atoms in total. The van der Waals surface area contributed by atoms with Gasteiger partial charge in [0.15, 0.2) is 0 Å². The van der Waals surface area contributed by atoms with Gasteiger partial charge in [-0.3, -0.25) is 0 Å². The van der Waals surface area contributed by atoms with Crippen molar-refractivity contribution in [2.45, 2.75) is 51.4 Å². The first kappa shape index (κ1) is 58.8. The zero-order valence-corrected chi connectivity index (χ0v) is 55.0. The van der Waals surface area contributed by atoms with Gasteiger partial charge in [-0.1, -0.05) is 322 Å². The molecule has 20 rings (SSSR count). The molecule has 3 aliphatic carbocycles. The minimum atomic E-state index is 1.07. The molecule has 0 aliphatic heterocycles. The molecular weight excluding hydrogens is 1180 g/mol. The van der Waals surface area contributed by atoms with Crippen molar-refractivity contribution in [3.8, 4) is 33.4 Å². The Kier molecular flexibility index (Phi) is 15.3. The van der Waals surface area contributed by atoms with Crippen LogP contribution in [0.25, 0.3) is 153 Å². The lowest BCUT2D eigenvalue weighted by molar-refractivity contribution is 0.743. The summed E-state index contributed by atoms with van der Waals surface area (Å²) >= 11 is 0. The Bertz CT molecular complexity index is 5950. The number of hydrogen-bond acceptors (Lipinski definition) is 0. The normalized spacial score (nSPS) is 13.6. The van der Waals surface area contributed by atoms with Crippen LogP contribution in [0.4, 0.5) is 0 Å². The van der Waals surface area contributed by atoms with E-state index in [1.165, 1.54) is 212 Å². The zero-order chi connectivity index (χ0) is 64.9. The highest BCUT2D eigenvalue weighted by atomic mass is 14.3. The SMILES string of the molecule is C1=C(c2c3ccccc3c(-c3ccc4ccccc4c3)c3ccccc23)CCCC1.C1=C(c2c3ccccc3c(-c3ccc4ccccc4c3)c3ccccc23)CCc2ccccc21.C1=C(c2c3ccccc3c(-c3ccc4ccccc4c3)c3ccccc23)c2ccccc2CC1. The average molecular weight is 1250 g/mol. The van der Waals surface area contributed by atoms with Crippen LogP contribution in [0.2, 0.25) is 0 Å². The summed E-state index contributed by atoms with van der Waals surface area (Å²) in [4.78, 5) is 0. The van der Waals surface area contributed by atoms with Gasteiger partial charge >= 0.3 is 0 Å². The van der Waals surface area contributed by atoms with E-state index in [2.05, 4.69) is 340 Å². The van der Waals surface area contributed by atoms with E-state index in [9.17, 15) is 0 Å². The fourth-order valence-corrected chi connectivity index (χ4v) is 16.7. The first-order valence-corrected chi connectivity index (χ1v) is 35.2. The van der Waals surface area contributed by atoms with Crippen LogP contribution in [0.15, 0.2) is 334 Å². The van der Waals surface area contributed by atoms with Crippen LogP contribution in [-0.2, 0) is 12.8 Å². The molecule has 0 spiro atoms. The van der Waals surface area contributed by atoms with Crippen molar-refractivity contribution >= 4 is 120 Å². The average Bonchev–Trinajstić information content (AvgIpc) is 0.746. The van der Waals surface area contributed by atoms with E-state index in [1.807, 2.05) is 0 Å². The predicted molar refractivity (Wildman–Crippen MR) is 424 cm³/mol. The Hall–Kier alpha value is -11.7. The molecule has 0 atom stereocenters. The Balaban J connectivity index is 0.000000107. The fourth-order valence-electron chi connectivity index (χ4n) is 16.7. The van der Waals surface area contributed by atoms with Gasteiger partial charge in [0.1, 0.15) is 0 Å². The van der Waals surface area contributed by atoms with Crippen molar-refractivity contribution in [3.05, 3.63) is 373 Å². The van der Waals surface area contributed by atoms with Crippen LogP contribution in [0, 0.1) is 0 Å². The number of allylic oxidation sites excluding steroid dienone is 4. The van der Waals surface area contributed by atoms with Crippen molar-refractivity contribution in [2.75, 3.05) is 0 Å². The molecule has 0 saturated carbocycles. The maximum Gasteiger partial charge on any atom is -0.00235 e. The summed E-state index contributed by atoms with van der Waals surface area (Å²) in [6.45, 7) is 0. The van der Waals surface area contributed by atoms with Gasteiger partial charge in [-0.25, -0.2) is 0 Å². The zero-order valence-electron chi connectivity index (χ0n) is 55.0. The topological polar surface area (TPSA) is 0 Å². The summed E-state index contributed by atoms with van der Waals surface area (Å²) in [5.74, 6) is 0. The largest absolute Gasteiger partial charge is 0.0807 e. The molecule has 98 heavy (non-hydrogen) atoms. The molecule has 0 saturated heterocycles. The molecule has 0 fully saturated rings. The molecule has 0 N–H and O–H groups in total. The van der Waals surface area contributed by atoms with Crippen LogP contribution in [0.1, 0.15) is 77.5 Å². The molecular formula is C98H72. The third-order valence-electron chi connectivity index (χ3n) is 21.2. The molecule has 464 valence electrons. The third kappa shape index (κ3) is 10.6. The van der Waals surface area contributed by atoms with Crippen molar-refractivity contribution in [1.82, 2.24) is 0 Å². The van der Waals surface area contributed by atoms with Gasteiger partial charge in [-0.05, 0) is 256 Å². The quantitative estimate of drug-likeness (QED) is 0.146. The molecule has 0 bridgehead atoms. The smallest absolute Gasteiger partial charge is 0.00235 e. The second-order valence-corrected chi connectivity index (χ2v) is 26.9. The number of fused-ring (bicyclic) bond motifs is 11. The van der Waals surface area contributed by atoms with E-state index in [0.717, 1.165) is 25.7 Å². The van der Waals surface area contributed by atoms with E-state index < -0.39 is 0 Å². The first-order valence-electron chi connectivity index (χ1n) is 35.2. The molecule has 0 aromatic heterocycles. The van der Waals surface area contributed by atoms with E-state index in [1.54, 1.807) is 0 Å². The maximum absolute atomic E-state index is 2.48. The molecule has 0 amide bonds. The molecule has 0 heteroatoms. The second kappa shape index (κ2) is 25.5. The highest BCUT2D eigenvalue weighted by Gasteiger charge is 2.24. The van der Waals surface area contributed by atoms with Crippen molar-refractivity contribution < 1.29 is 0 Å².